The molecule has 5 nitrogen and oxygen atoms in total. The summed E-state index contributed by atoms with van der Waals surface area (Å²) < 4.78 is 5.73. The maximum Gasteiger partial charge on any atom is 0.0765 e. The normalized spacial score (nSPS) is 19.3. The quantitative estimate of drug-likeness (QED) is 0.403. The van der Waals surface area contributed by atoms with E-state index < -0.39 is 0 Å². The molecule has 1 fully saturated rings. The van der Waals surface area contributed by atoms with Crippen molar-refractivity contribution in [1.29, 1.82) is 0 Å². The summed E-state index contributed by atoms with van der Waals surface area (Å²) in [5, 5.41) is 6.47. The van der Waals surface area contributed by atoms with Gasteiger partial charge in [-0.15, -0.1) is 0 Å². The van der Waals surface area contributed by atoms with E-state index in [1.54, 1.807) is 0 Å². The van der Waals surface area contributed by atoms with E-state index in [9.17, 15) is 0 Å². The highest BCUT2D eigenvalue weighted by Gasteiger charge is 2.12. The van der Waals surface area contributed by atoms with E-state index in [0.717, 1.165) is 66.1 Å². The van der Waals surface area contributed by atoms with Gasteiger partial charge in [-0.2, -0.15) is 0 Å². The third kappa shape index (κ3) is 7.27. The molecule has 1 atom stereocenters. The van der Waals surface area contributed by atoms with Gasteiger partial charge in [0.15, 0.2) is 0 Å². The molecule has 1 aromatic rings. The fourth-order valence-electron chi connectivity index (χ4n) is 3.68. The number of allylic oxidation sites excluding steroid dienone is 3. The summed E-state index contributed by atoms with van der Waals surface area (Å²) in [5.74, 6) is 6.32. The van der Waals surface area contributed by atoms with Crippen LogP contribution in [0.1, 0.15) is 48.8 Å². The van der Waals surface area contributed by atoms with E-state index in [-0.39, 0.29) is 6.10 Å². The molecular formula is C26H34N4O. The van der Waals surface area contributed by atoms with Crippen molar-refractivity contribution in [3.63, 3.8) is 0 Å². The van der Waals surface area contributed by atoms with Gasteiger partial charge in [-0.05, 0) is 62.3 Å². The van der Waals surface area contributed by atoms with Crippen molar-refractivity contribution < 1.29 is 4.74 Å². The minimum Gasteiger partial charge on any atom is -0.397 e. The van der Waals surface area contributed by atoms with Crippen LogP contribution in [0.25, 0.3) is 5.70 Å². The van der Waals surface area contributed by atoms with Gasteiger partial charge < -0.3 is 26.8 Å². The Labute approximate surface area is 186 Å². The molecule has 2 aliphatic rings. The van der Waals surface area contributed by atoms with Crippen molar-refractivity contribution in [3.05, 3.63) is 76.8 Å². The van der Waals surface area contributed by atoms with Crippen LogP contribution in [0.15, 0.2) is 60.1 Å². The van der Waals surface area contributed by atoms with Crippen LogP contribution in [0.4, 0.5) is 0 Å². The van der Waals surface area contributed by atoms with E-state index in [4.69, 9.17) is 16.2 Å². The molecule has 164 valence electrons. The lowest BCUT2D eigenvalue weighted by molar-refractivity contribution is 0.0188. The Hall–Kier alpha value is -3.10. The third-order valence-electron chi connectivity index (χ3n) is 5.42. The molecule has 1 unspecified atom stereocenters. The molecule has 1 aliphatic heterocycles. The molecule has 1 saturated heterocycles. The number of hydrogen-bond acceptors (Lipinski definition) is 5. The molecule has 31 heavy (non-hydrogen) atoms. The predicted molar refractivity (Wildman–Crippen MR) is 129 cm³/mol. The zero-order valence-electron chi connectivity index (χ0n) is 18.4. The number of benzene rings is 1. The van der Waals surface area contributed by atoms with E-state index >= 15 is 0 Å². The van der Waals surface area contributed by atoms with Crippen LogP contribution < -0.4 is 22.1 Å². The minimum atomic E-state index is 0.284. The van der Waals surface area contributed by atoms with Crippen LogP contribution in [0.3, 0.4) is 0 Å². The number of hydrogen-bond donors (Lipinski definition) is 4. The van der Waals surface area contributed by atoms with Crippen LogP contribution >= 0.6 is 0 Å². The highest BCUT2D eigenvalue weighted by Crippen LogP contribution is 2.17. The molecule has 0 radical (unpaired) electrons. The van der Waals surface area contributed by atoms with E-state index in [1.165, 1.54) is 12.8 Å². The van der Waals surface area contributed by atoms with Crippen LogP contribution in [-0.4, -0.2) is 25.8 Å². The van der Waals surface area contributed by atoms with Crippen LogP contribution in [0.2, 0.25) is 0 Å². The molecule has 5 heteroatoms. The fourth-order valence-corrected chi connectivity index (χ4v) is 3.68. The van der Waals surface area contributed by atoms with Crippen LogP contribution in [0.5, 0.6) is 0 Å². The zero-order valence-corrected chi connectivity index (χ0v) is 18.4. The lowest BCUT2D eigenvalue weighted by Gasteiger charge is -2.22. The van der Waals surface area contributed by atoms with Gasteiger partial charge in [0, 0.05) is 36.7 Å². The summed E-state index contributed by atoms with van der Waals surface area (Å²) in [5.41, 5.74) is 18.0. The second-order valence-electron chi connectivity index (χ2n) is 7.95. The Bertz CT molecular complexity index is 924. The molecule has 0 spiro atoms. The molecule has 1 aromatic carbocycles. The number of ether oxygens (including phenoxy) is 1. The van der Waals surface area contributed by atoms with Gasteiger partial charge in [-0.3, -0.25) is 0 Å². The highest BCUT2D eigenvalue weighted by atomic mass is 16.5. The van der Waals surface area contributed by atoms with E-state index in [2.05, 4.69) is 53.7 Å². The molecule has 0 amide bonds. The van der Waals surface area contributed by atoms with E-state index in [1.807, 2.05) is 24.5 Å². The molecule has 0 bridgehead atoms. The van der Waals surface area contributed by atoms with Crippen molar-refractivity contribution in [1.82, 2.24) is 10.6 Å². The zero-order chi connectivity index (χ0) is 21.9. The highest BCUT2D eigenvalue weighted by molar-refractivity contribution is 5.66. The van der Waals surface area contributed by atoms with Gasteiger partial charge in [0.1, 0.15) is 0 Å². The van der Waals surface area contributed by atoms with Gasteiger partial charge in [0.05, 0.1) is 24.0 Å². The van der Waals surface area contributed by atoms with Crippen molar-refractivity contribution in [2.45, 2.75) is 45.1 Å². The number of rotatable bonds is 7. The first-order chi connectivity index (χ1) is 15.1. The summed E-state index contributed by atoms with van der Waals surface area (Å²) in [4.78, 5) is 0. The van der Waals surface area contributed by atoms with Crippen molar-refractivity contribution in [3.8, 4) is 11.8 Å². The van der Waals surface area contributed by atoms with Gasteiger partial charge in [0.25, 0.3) is 0 Å². The Balaban J connectivity index is 1.49. The summed E-state index contributed by atoms with van der Waals surface area (Å²) in [6.45, 7) is 4.25. The molecule has 6 N–H and O–H groups in total. The summed E-state index contributed by atoms with van der Waals surface area (Å²) in [6.07, 6.45) is 16.0. The Morgan fingerprint density at radius 1 is 1.16 bits per heavy atom. The van der Waals surface area contributed by atoms with Gasteiger partial charge in [-0.1, -0.05) is 36.1 Å². The monoisotopic (exact) mass is 418 g/mol. The third-order valence-corrected chi connectivity index (χ3v) is 5.42. The first kappa shape index (κ1) is 22.6. The summed E-state index contributed by atoms with van der Waals surface area (Å²) in [6, 6.07) is 6.09. The summed E-state index contributed by atoms with van der Waals surface area (Å²) >= 11 is 0. The number of nitrogens with two attached hydrogens (primary N) is 2. The van der Waals surface area contributed by atoms with E-state index in [0.29, 0.717) is 6.54 Å². The maximum atomic E-state index is 6.28. The average Bonchev–Trinajstić information content (AvgIpc) is 2.80. The second kappa shape index (κ2) is 11.9. The van der Waals surface area contributed by atoms with Crippen molar-refractivity contribution in [2.24, 2.45) is 11.5 Å². The minimum absolute atomic E-state index is 0.284. The van der Waals surface area contributed by atoms with Crippen molar-refractivity contribution >= 4 is 5.70 Å². The molecular weight excluding hydrogens is 384 g/mol. The first-order valence-corrected chi connectivity index (χ1v) is 11.1. The second-order valence-corrected chi connectivity index (χ2v) is 7.95. The van der Waals surface area contributed by atoms with Crippen molar-refractivity contribution in [2.75, 3.05) is 19.7 Å². The molecule has 3 rings (SSSR count). The standard InChI is InChI=1S/C26H34N4O/c1-20-16-21(8-7-14-29-18-25(27)22-9-3-2-4-10-22)12-13-24(20)26(28)19-30-17-23-11-5-6-15-31-23/h3,9-10,12-13,16,18-19,23,29-30H,2,4-6,11,14-15,17,27-28H2,1H3/b25-18-,26-19-. The summed E-state index contributed by atoms with van der Waals surface area (Å²) in [7, 11) is 0. The molecule has 0 saturated carbocycles. The average molecular weight is 419 g/mol. The van der Waals surface area contributed by atoms with Crippen LogP contribution in [0, 0.1) is 18.8 Å². The predicted octanol–water partition coefficient (Wildman–Crippen LogP) is 3.43. The number of aryl methyl sites for hydroxylation is 1. The Morgan fingerprint density at radius 2 is 2.03 bits per heavy atom. The van der Waals surface area contributed by atoms with Crippen LogP contribution in [-0.2, 0) is 4.74 Å². The largest absolute Gasteiger partial charge is 0.397 e. The molecule has 1 heterocycles. The molecule has 1 aliphatic carbocycles. The SMILES string of the molecule is Cc1cc(C#CCN/C=C(\N)C2=CCCC=C2)ccc1/C(N)=C/NCC1CCCCO1. The van der Waals surface area contributed by atoms with Gasteiger partial charge in [-0.25, -0.2) is 0 Å². The first-order valence-electron chi connectivity index (χ1n) is 11.1. The smallest absolute Gasteiger partial charge is 0.0765 e. The van der Waals surface area contributed by atoms with Gasteiger partial charge in [0.2, 0.25) is 0 Å². The molecule has 0 aromatic heterocycles. The Morgan fingerprint density at radius 3 is 2.77 bits per heavy atom. The topological polar surface area (TPSA) is 85.3 Å². The van der Waals surface area contributed by atoms with Gasteiger partial charge >= 0.3 is 0 Å². The fraction of sp³-hybridized carbons (Fsp3) is 0.385. The number of nitrogens with one attached hydrogen (secondary N) is 2. The lowest BCUT2D eigenvalue weighted by atomic mass is 10.0. The Kier molecular flexibility index (Phi) is 8.69. The lowest BCUT2D eigenvalue weighted by Crippen LogP contribution is -2.29. The maximum absolute atomic E-state index is 6.28.